The summed E-state index contributed by atoms with van der Waals surface area (Å²) in [7, 11) is 0. The first-order valence-electron chi connectivity index (χ1n) is 4.14. The Morgan fingerprint density at radius 1 is 1.50 bits per heavy atom. The number of aryl methyl sites for hydroxylation is 1. The average molecular weight is 184 g/mol. The summed E-state index contributed by atoms with van der Waals surface area (Å²) in [5.74, 6) is 0. The Morgan fingerprint density at radius 2 is 2.17 bits per heavy atom. The summed E-state index contributed by atoms with van der Waals surface area (Å²) >= 11 is 1.75. The van der Waals surface area contributed by atoms with Crippen molar-refractivity contribution in [1.29, 1.82) is 0 Å². The molecule has 0 aromatic carbocycles. The topological polar surface area (TPSA) is 24.9 Å². The molecule has 1 aromatic heterocycles. The molecule has 1 N–H and O–H groups in total. The minimum absolute atomic E-state index is 0.192. The zero-order chi connectivity index (χ0) is 9.19. The fraction of sp³-hybridized carbons (Fsp3) is 0.667. The zero-order valence-corrected chi connectivity index (χ0v) is 8.96. The fourth-order valence-corrected chi connectivity index (χ4v) is 1.57. The quantitative estimate of drug-likeness (QED) is 0.763. The van der Waals surface area contributed by atoms with Crippen LogP contribution in [-0.4, -0.2) is 10.5 Å². The molecule has 0 aliphatic heterocycles. The van der Waals surface area contributed by atoms with Crippen molar-refractivity contribution in [3.8, 4) is 0 Å². The van der Waals surface area contributed by atoms with Gasteiger partial charge in [0.15, 0.2) is 0 Å². The molecule has 1 aromatic rings. The maximum atomic E-state index is 4.20. The van der Waals surface area contributed by atoms with Gasteiger partial charge in [0.05, 0.1) is 5.01 Å². The van der Waals surface area contributed by atoms with E-state index in [2.05, 4.69) is 31.1 Å². The van der Waals surface area contributed by atoms with Gasteiger partial charge in [-0.2, -0.15) is 0 Å². The summed E-state index contributed by atoms with van der Waals surface area (Å²) in [5.41, 5.74) is 0.192. The molecule has 0 aliphatic carbocycles. The average Bonchev–Trinajstić information content (AvgIpc) is 2.30. The third kappa shape index (κ3) is 3.32. The van der Waals surface area contributed by atoms with Crippen LogP contribution in [0, 0.1) is 6.92 Å². The first-order chi connectivity index (χ1) is 5.47. The number of nitrogens with one attached hydrogen (secondary N) is 1. The lowest BCUT2D eigenvalue weighted by atomic mass is 10.1. The molecule has 0 saturated carbocycles. The van der Waals surface area contributed by atoms with E-state index in [0.29, 0.717) is 0 Å². The van der Waals surface area contributed by atoms with Gasteiger partial charge in [0.25, 0.3) is 0 Å². The van der Waals surface area contributed by atoms with Gasteiger partial charge in [-0.25, -0.2) is 4.98 Å². The summed E-state index contributed by atoms with van der Waals surface area (Å²) in [6.07, 6.45) is 1.94. The third-order valence-corrected chi connectivity index (χ3v) is 2.37. The maximum absolute atomic E-state index is 4.20. The van der Waals surface area contributed by atoms with Crippen molar-refractivity contribution in [2.24, 2.45) is 0 Å². The Bertz CT molecular complexity index is 247. The van der Waals surface area contributed by atoms with Crippen LogP contribution in [0.25, 0.3) is 0 Å². The Balaban J connectivity index is 2.44. The molecule has 0 aliphatic rings. The highest BCUT2D eigenvalue weighted by atomic mass is 32.1. The van der Waals surface area contributed by atoms with E-state index in [1.54, 1.807) is 11.3 Å². The van der Waals surface area contributed by atoms with Crippen molar-refractivity contribution >= 4 is 11.3 Å². The molecule has 1 rings (SSSR count). The van der Waals surface area contributed by atoms with E-state index in [0.717, 1.165) is 11.6 Å². The molecule has 12 heavy (non-hydrogen) atoms. The lowest BCUT2D eigenvalue weighted by Crippen LogP contribution is -2.34. The van der Waals surface area contributed by atoms with Gasteiger partial charge in [-0.05, 0) is 27.7 Å². The number of nitrogens with zero attached hydrogens (tertiary/aromatic N) is 1. The van der Waals surface area contributed by atoms with E-state index in [1.807, 2.05) is 13.1 Å². The van der Waals surface area contributed by atoms with Crippen molar-refractivity contribution in [3.05, 3.63) is 16.1 Å². The smallest absolute Gasteiger partial charge is 0.0897 e. The zero-order valence-electron chi connectivity index (χ0n) is 8.14. The fourth-order valence-electron chi connectivity index (χ4n) is 0.839. The highest BCUT2D eigenvalue weighted by molar-refractivity contribution is 7.11. The van der Waals surface area contributed by atoms with Crippen LogP contribution in [0.2, 0.25) is 0 Å². The van der Waals surface area contributed by atoms with Crippen LogP contribution >= 0.6 is 11.3 Å². The van der Waals surface area contributed by atoms with Crippen molar-refractivity contribution in [1.82, 2.24) is 10.3 Å². The highest BCUT2D eigenvalue weighted by Crippen LogP contribution is 2.12. The van der Waals surface area contributed by atoms with Crippen LogP contribution in [0.5, 0.6) is 0 Å². The lowest BCUT2D eigenvalue weighted by molar-refractivity contribution is 0.426. The van der Waals surface area contributed by atoms with Crippen molar-refractivity contribution in [2.75, 3.05) is 0 Å². The SMILES string of the molecule is Cc1ncc(CNC(C)(C)C)s1. The second kappa shape index (κ2) is 3.54. The summed E-state index contributed by atoms with van der Waals surface area (Å²) in [6.45, 7) is 9.46. The monoisotopic (exact) mass is 184 g/mol. The molecular weight excluding hydrogens is 168 g/mol. The Labute approximate surface area is 78.0 Å². The molecule has 0 amide bonds. The van der Waals surface area contributed by atoms with E-state index < -0.39 is 0 Å². The summed E-state index contributed by atoms with van der Waals surface area (Å²) in [5, 5.41) is 4.56. The van der Waals surface area contributed by atoms with E-state index in [1.165, 1.54) is 4.88 Å². The number of aromatic nitrogens is 1. The van der Waals surface area contributed by atoms with Crippen LogP contribution < -0.4 is 5.32 Å². The minimum Gasteiger partial charge on any atom is -0.307 e. The van der Waals surface area contributed by atoms with E-state index in [-0.39, 0.29) is 5.54 Å². The summed E-state index contributed by atoms with van der Waals surface area (Å²) in [6, 6.07) is 0. The number of thiazole rings is 1. The molecule has 0 unspecified atom stereocenters. The van der Waals surface area contributed by atoms with Crippen LogP contribution in [0.3, 0.4) is 0 Å². The first-order valence-corrected chi connectivity index (χ1v) is 4.95. The molecule has 0 radical (unpaired) electrons. The maximum Gasteiger partial charge on any atom is 0.0897 e. The molecule has 0 atom stereocenters. The molecular formula is C9H16N2S. The van der Waals surface area contributed by atoms with Gasteiger partial charge in [0.1, 0.15) is 0 Å². The second-order valence-corrected chi connectivity index (χ2v) is 5.27. The molecule has 0 spiro atoms. The predicted molar refractivity (Wildman–Crippen MR) is 53.4 cm³/mol. The Hall–Kier alpha value is -0.410. The van der Waals surface area contributed by atoms with E-state index in [9.17, 15) is 0 Å². The van der Waals surface area contributed by atoms with Gasteiger partial charge in [-0.1, -0.05) is 0 Å². The Morgan fingerprint density at radius 3 is 2.58 bits per heavy atom. The highest BCUT2D eigenvalue weighted by Gasteiger charge is 2.08. The third-order valence-electron chi connectivity index (χ3n) is 1.46. The summed E-state index contributed by atoms with van der Waals surface area (Å²) in [4.78, 5) is 5.50. The molecule has 0 fully saturated rings. The van der Waals surface area contributed by atoms with Crippen LogP contribution in [0.1, 0.15) is 30.7 Å². The van der Waals surface area contributed by atoms with E-state index >= 15 is 0 Å². The normalized spacial score (nSPS) is 12.0. The minimum atomic E-state index is 0.192. The standard InChI is InChI=1S/C9H16N2S/c1-7-10-5-8(12-7)6-11-9(2,3)4/h5,11H,6H2,1-4H3. The summed E-state index contributed by atoms with van der Waals surface area (Å²) < 4.78 is 0. The molecule has 0 saturated heterocycles. The van der Waals surface area contributed by atoms with Gasteiger partial charge in [0.2, 0.25) is 0 Å². The Kier molecular flexibility index (Phi) is 2.85. The van der Waals surface area contributed by atoms with Gasteiger partial charge in [-0.15, -0.1) is 11.3 Å². The van der Waals surface area contributed by atoms with Gasteiger partial charge < -0.3 is 5.32 Å². The lowest BCUT2D eigenvalue weighted by Gasteiger charge is -2.19. The molecule has 0 bridgehead atoms. The number of hydrogen-bond donors (Lipinski definition) is 1. The molecule has 1 heterocycles. The van der Waals surface area contributed by atoms with Gasteiger partial charge in [-0.3, -0.25) is 0 Å². The van der Waals surface area contributed by atoms with Crippen LogP contribution in [0.15, 0.2) is 6.20 Å². The number of rotatable bonds is 2. The van der Waals surface area contributed by atoms with Crippen LogP contribution in [0.4, 0.5) is 0 Å². The first kappa shape index (κ1) is 9.68. The van der Waals surface area contributed by atoms with Gasteiger partial charge >= 0.3 is 0 Å². The molecule has 3 heteroatoms. The predicted octanol–water partition coefficient (Wildman–Crippen LogP) is 2.34. The molecule has 68 valence electrons. The van der Waals surface area contributed by atoms with Crippen molar-refractivity contribution in [2.45, 2.75) is 39.8 Å². The van der Waals surface area contributed by atoms with Crippen LogP contribution in [-0.2, 0) is 6.54 Å². The largest absolute Gasteiger partial charge is 0.307 e. The van der Waals surface area contributed by atoms with E-state index in [4.69, 9.17) is 0 Å². The van der Waals surface area contributed by atoms with Crippen molar-refractivity contribution in [3.63, 3.8) is 0 Å². The molecule has 2 nitrogen and oxygen atoms in total. The van der Waals surface area contributed by atoms with Gasteiger partial charge in [0, 0.05) is 23.2 Å². The second-order valence-electron chi connectivity index (χ2n) is 3.95. The van der Waals surface area contributed by atoms with Crippen molar-refractivity contribution < 1.29 is 0 Å². The number of hydrogen-bond acceptors (Lipinski definition) is 3.